The molecular weight excluding hydrogens is 402 g/mol. The number of amides is 1. The van der Waals surface area contributed by atoms with E-state index >= 15 is 0 Å². The summed E-state index contributed by atoms with van der Waals surface area (Å²) in [5.41, 5.74) is 4.00. The van der Waals surface area contributed by atoms with Gasteiger partial charge in [-0.05, 0) is 36.2 Å². The van der Waals surface area contributed by atoms with Gasteiger partial charge in [-0.1, -0.05) is 43.0 Å². The van der Waals surface area contributed by atoms with Gasteiger partial charge in [0.15, 0.2) is 0 Å². The fourth-order valence-electron chi connectivity index (χ4n) is 4.09. The van der Waals surface area contributed by atoms with Crippen LogP contribution in [0, 0.1) is 6.92 Å². The number of ether oxygens (including phenoxy) is 2. The fourth-order valence-corrected chi connectivity index (χ4v) is 4.09. The number of rotatable bonds is 9. The minimum atomic E-state index is -0.0716. The summed E-state index contributed by atoms with van der Waals surface area (Å²) < 4.78 is 13.4. The molecule has 1 N–H and O–H groups in total. The fraction of sp³-hybridized carbons (Fsp3) is 0.346. The third-order valence-electron chi connectivity index (χ3n) is 5.90. The van der Waals surface area contributed by atoms with Crippen molar-refractivity contribution in [2.45, 2.75) is 13.5 Å². The summed E-state index contributed by atoms with van der Waals surface area (Å²) in [5, 5.41) is 4.04. The Labute approximate surface area is 189 Å². The SMILES string of the molecule is C=CCOc1cccc2c1cc(C(=O)NCCN1CCOCC1)n2Cc1ccccc1C. The lowest BCUT2D eigenvalue weighted by atomic mass is 10.1. The first-order valence-electron chi connectivity index (χ1n) is 11.2. The quantitative estimate of drug-likeness (QED) is 0.524. The van der Waals surface area contributed by atoms with Gasteiger partial charge in [-0.25, -0.2) is 0 Å². The Kier molecular flexibility index (Phi) is 7.24. The molecule has 2 heterocycles. The van der Waals surface area contributed by atoms with E-state index in [4.69, 9.17) is 9.47 Å². The van der Waals surface area contributed by atoms with E-state index in [0.29, 0.717) is 25.4 Å². The van der Waals surface area contributed by atoms with Gasteiger partial charge < -0.3 is 19.4 Å². The number of nitrogens with one attached hydrogen (secondary N) is 1. The molecule has 1 amide bonds. The van der Waals surface area contributed by atoms with Crippen molar-refractivity contribution in [1.82, 2.24) is 14.8 Å². The zero-order chi connectivity index (χ0) is 22.3. The van der Waals surface area contributed by atoms with Gasteiger partial charge in [0.1, 0.15) is 18.1 Å². The number of aryl methyl sites for hydroxylation is 1. The van der Waals surface area contributed by atoms with Crippen LogP contribution >= 0.6 is 0 Å². The zero-order valence-corrected chi connectivity index (χ0v) is 18.7. The highest BCUT2D eigenvalue weighted by atomic mass is 16.5. The lowest BCUT2D eigenvalue weighted by molar-refractivity contribution is 0.0383. The number of carbonyl (C=O) groups is 1. The molecule has 0 radical (unpaired) electrons. The number of aromatic nitrogens is 1. The molecule has 0 saturated carbocycles. The molecule has 4 rings (SSSR count). The molecule has 0 spiro atoms. The second-order valence-electron chi connectivity index (χ2n) is 8.04. The molecule has 1 aromatic heterocycles. The average Bonchev–Trinajstić information content (AvgIpc) is 3.19. The van der Waals surface area contributed by atoms with Crippen LogP contribution < -0.4 is 10.1 Å². The molecule has 1 aliphatic heterocycles. The van der Waals surface area contributed by atoms with Crippen molar-refractivity contribution in [2.75, 3.05) is 46.0 Å². The maximum absolute atomic E-state index is 13.2. The van der Waals surface area contributed by atoms with Crippen molar-refractivity contribution in [3.63, 3.8) is 0 Å². The minimum Gasteiger partial charge on any atom is -0.489 e. The van der Waals surface area contributed by atoms with Crippen molar-refractivity contribution in [3.05, 3.63) is 78.0 Å². The first kappa shape index (κ1) is 22.1. The number of morpholine rings is 1. The van der Waals surface area contributed by atoms with Crippen molar-refractivity contribution in [2.24, 2.45) is 0 Å². The summed E-state index contributed by atoms with van der Waals surface area (Å²) in [7, 11) is 0. The Morgan fingerprint density at radius 3 is 2.78 bits per heavy atom. The van der Waals surface area contributed by atoms with Crippen LogP contribution in [0.25, 0.3) is 10.9 Å². The molecule has 2 aromatic carbocycles. The van der Waals surface area contributed by atoms with E-state index in [9.17, 15) is 4.79 Å². The molecule has 32 heavy (non-hydrogen) atoms. The van der Waals surface area contributed by atoms with Crippen LogP contribution in [-0.2, 0) is 11.3 Å². The second kappa shape index (κ2) is 10.5. The van der Waals surface area contributed by atoms with E-state index in [2.05, 4.69) is 40.4 Å². The van der Waals surface area contributed by atoms with E-state index in [1.54, 1.807) is 6.08 Å². The molecule has 0 bridgehead atoms. The molecule has 6 nitrogen and oxygen atoms in total. The molecular formula is C26H31N3O3. The summed E-state index contributed by atoms with van der Waals surface area (Å²) in [6.45, 7) is 11.6. The molecule has 3 aromatic rings. The molecule has 6 heteroatoms. The Morgan fingerprint density at radius 1 is 1.19 bits per heavy atom. The standard InChI is InChI=1S/C26H31N3O3/c1-3-15-32-25-10-6-9-23-22(25)18-24(29(23)19-21-8-5-4-7-20(21)2)26(30)27-11-12-28-13-16-31-17-14-28/h3-10,18H,1,11-17,19H2,2H3,(H,27,30). The second-order valence-corrected chi connectivity index (χ2v) is 8.04. The lowest BCUT2D eigenvalue weighted by Crippen LogP contribution is -2.41. The van der Waals surface area contributed by atoms with E-state index in [-0.39, 0.29) is 5.91 Å². The monoisotopic (exact) mass is 433 g/mol. The summed E-state index contributed by atoms with van der Waals surface area (Å²) in [6.07, 6.45) is 1.72. The number of nitrogens with zero attached hydrogens (tertiary/aromatic N) is 2. The first-order valence-corrected chi connectivity index (χ1v) is 11.2. The van der Waals surface area contributed by atoms with Crippen LogP contribution in [0.15, 0.2) is 61.2 Å². The highest BCUT2D eigenvalue weighted by molar-refractivity contribution is 6.00. The number of hydrogen-bond donors (Lipinski definition) is 1. The van der Waals surface area contributed by atoms with Crippen molar-refractivity contribution in [3.8, 4) is 5.75 Å². The van der Waals surface area contributed by atoms with Gasteiger partial charge in [-0.2, -0.15) is 0 Å². The van der Waals surface area contributed by atoms with Gasteiger partial charge >= 0.3 is 0 Å². The van der Waals surface area contributed by atoms with Crippen LogP contribution in [0.2, 0.25) is 0 Å². The molecule has 1 saturated heterocycles. The number of fused-ring (bicyclic) bond motifs is 1. The molecule has 0 unspecified atom stereocenters. The van der Waals surface area contributed by atoms with Gasteiger partial charge in [0.2, 0.25) is 0 Å². The third kappa shape index (κ3) is 5.03. The zero-order valence-electron chi connectivity index (χ0n) is 18.7. The van der Waals surface area contributed by atoms with E-state index in [0.717, 1.165) is 49.5 Å². The molecule has 0 aliphatic carbocycles. The predicted octanol–water partition coefficient (Wildman–Crippen LogP) is 3.62. The predicted molar refractivity (Wildman–Crippen MR) is 128 cm³/mol. The lowest BCUT2D eigenvalue weighted by Gasteiger charge is -2.26. The smallest absolute Gasteiger partial charge is 0.268 e. The van der Waals surface area contributed by atoms with Gasteiger partial charge in [0.05, 0.1) is 18.7 Å². The third-order valence-corrected chi connectivity index (χ3v) is 5.90. The Bertz CT molecular complexity index is 1080. The highest BCUT2D eigenvalue weighted by Crippen LogP contribution is 2.30. The van der Waals surface area contributed by atoms with Gasteiger partial charge in [-0.15, -0.1) is 0 Å². The Morgan fingerprint density at radius 2 is 2.00 bits per heavy atom. The van der Waals surface area contributed by atoms with Crippen molar-refractivity contribution >= 4 is 16.8 Å². The first-order chi connectivity index (χ1) is 15.7. The molecule has 0 atom stereocenters. The Balaban J connectivity index is 1.62. The van der Waals surface area contributed by atoms with E-state index in [1.807, 2.05) is 36.4 Å². The van der Waals surface area contributed by atoms with Gasteiger partial charge in [-0.3, -0.25) is 9.69 Å². The molecule has 168 valence electrons. The number of carbonyl (C=O) groups excluding carboxylic acids is 1. The summed E-state index contributed by atoms with van der Waals surface area (Å²) in [5.74, 6) is 0.686. The highest BCUT2D eigenvalue weighted by Gasteiger charge is 2.19. The van der Waals surface area contributed by atoms with E-state index < -0.39 is 0 Å². The number of hydrogen-bond acceptors (Lipinski definition) is 4. The topological polar surface area (TPSA) is 55.7 Å². The maximum atomic E-state index is 13.2. The number of benzene rings is 2. The van der Waals surface area contributed by atoms with Crippen molar-refractivity contribution in [1.29, 1.82) is 0 Å². The summed E-state index contributed by atoms with van der Waals surface area (Å²) >= 11 is 0. The summed E-state index contributed by atoms with van der Waals surface area (Å²) in [4.78, 5) is 15.6. The maximum Gasteiger partial charge on any atom is 0.268 e. The Hall–Kier alpha value is -3.09. The van der Waals surface area contributed by atoms with Crippen LogP contribution in [0.4, 0.5) is 0 Å². The normalized spacial score (nSPS) is 14.4. The van der Waals surface area contributed by atoms with Crippen LogP contribution in [0.3, 0.4) is 0 Å². The largest absolute Gasteiger partial charge is 0.489 e. The molecule has 1 aliphatic rings. The molecule has 1 fully saturated rings. The van der Waals surface area contributed by atoms with Gasteiger partial charge in [0.25, 0.3) is 5.91 Å². The van der Waals surface area contributed by atoms with E-state index in [1.165, 1.54) is 11.1 Å². The average molecular weight is 434 g/mol. The van der Waals surface area contributed by atoms with Crippen LogP contribution in [-0.4, -0.2) is 61.4 Å². The van der Waals surface area contributed by atoms with Crippen molar-refractivity contribution < 1.29 is 14.3 Å². The van der Waals surface area contributed by atoms with Crippen LogP contribution in [0.5, 0.6) is 5.75 Å². The van der Waals surface area contributed by atoms with Gasteiger partial charge in [0, 0.05) is 38.1 Å². The summed E-state index contributed by atoms with van der Waals surface area (Å²) in [6, 6.07) is 16.2. The van der Waals surface area contributed by atoms with Crippen LogP contribution in [0.1, 0.15) is 21.6 Å². The minimum absolute atomic E-state index is 0.0716.